The van der Waals surface area contributed by atoms with Gasteiger partial charge in [0, 0.05) is 37.2 Å². The summed E-state index contributed by atoms with van der Waals surface area (Å²) >= 11 is 0. The topological polar surface area (TPSA) is 65.5 Å². The van der Waals surface area contributed by atoms with E-state index in [1.165, 1.54) is 12.1 Å². The molecule has 5 nitrogen and oxygen atoms in total. The molecule has 1 amide bonds. The smallest absolute Gasteiger partial charge is 0.225 e. The number of rotatable bonds is 5. The molecule has 0 aliphatic rings. The van der Waals surface area contributed by atoms with Crippen LogP contribution in [0.1, 0.15) is 39.3 Å². The fourth-order valence-corrected chi connectivity index (χ4v) is 1.95. The maximum atomic E-state index is 13.8. The van der Waals surface area contributed by atoms with Gasteiger partial charge in [0.15, 0.2) is 5.96 Å². The minimum absolute atomic E-state index is 0. The summed E-state index contributed by atoms with van der Waals surface area (Å²) in [7, 11) is 1.59. The first-order valence-corrected chi connectivity index (χ1v) is 7.85. The van der Waals surface area contributed by atoms with Crippen molar-refractivity contribution < 1.29 is 13.6 Å². The second-order valence-corrected chi connectivity index (χ2v) is 6.54. The number of aliphatic imine (C=N–C) groups is 1. The van der Waals surface area contributed by atoms with E-state index >= 15 is 0 Å². The number of hydrogen-bond acceptors (Lipinski definition) is 2. The van der Waals surface area contributed by atoms with Gasteiger partial charge in [0.25, 0.3) is 0 Å². The number of benzene rings is 1. The molecule has 1 aromatic carbocycles. The predicted molar refractivity (Wildman–Crippen MR) is 107 cm³/mol. The highest BCUT2D eigenvalue weighted by Crippen LogP contribution is 2.17. The van der Waals surface area contributed by atoms with Crippen LogP contribution < -0.4 is 16.0 Å². The second-order valence-electron chi connectivity index (χ2n) is 6.54. The van der Waals surface area contributed by atoms with Crippen molar-refractivity contribution in [3.63, 3.8) is 0 Å². The lowest BCUT2D eigenvalue weighted by Gasteiger charge is -2.20. The van der Waals surface area contributed by atoms with E-state index in [4.69, 9.17) is 0 Å². The third kappa shape index (κ3) is 7.98. The average molecular weight is 468 g/mol. The standard InChI is InChI=1S/C17H26F2N4O.HI/c1-11(13-7-6-12(18)10-14(13)19)23-16(20-5)22-9-8-21-15(24)17(2,3)4;/h6-7,10-11H,8-9H2,1-5H3,(H,21,24)(H2,20,22,23);1H. The Morgan fingerprint density at radius 1 is 1.20 bits per heavy atom. The number of nitrogens with zero attached hydrogens (tertiary/aromatic N) is 1. The van der Waals surface area contributed by atoms with Gasteiger partial charge in [-0.25, -0.2) is 8.78 Å². The van der Waals surface area contributed by atoms with Gasteiger partial charge in [-0.15, -0.1) is 24.0 Å². The largest absolute Gasteiger partial charge is 0.355 e. The molecule has 0 aliphatic heterocycles. The van der Waals surface area contributed by atoms with Gasteiger partial charge < -0.3 is 16.0 Å². The molecule has 1 unspecified atom stereocenters. The second kappa shape index (κ2) is 10.5. The molecule has 0 saturated carbocycles. The fraction of sp³-hybridized carbons (Fsp3) is 0.529. The minimum atomic E-state index is -0.611. The summed E-state index contributed by atoms with van der Waals surface area (Å²) in [5.74, 6) is -0.784. The number of halogens is 3. The van der Waals surface area contributed by atoms with Crippen molar-refractivity contribution in [1.29, 1.82) is 0 Å². The van der Waals surface area contributed by atoms with Gasteiger partial charge in [0.2, 0.25) is 5.91 Å². The van der Waals surface area contributed by atoms with E-state index in [9.17, 15) is 13.6 Å². The molecule has 25 heavy (non-hydrogen) atoms. The summed E-state index contributed by atoms with van der Waals surface area (Å²) in [6, 6.07) is 3.08. The first-order valence-electron chi connectivity index (χ1n) is 7.85. The van der Waals surface area contributed by atoms with E-state index in [2.05, 4.69) is 20.9 Å². The van der Waals surface area contributed by atoms with Crippen molar-refractivity contribution in [3.05, 3.63) is 35.4 Å². The highest BCUT2D eigenvalue weighted by Gasteiger charge is 2.20. The van der Waals surface area contributed by atoms with E-state index in [-0.39, 0.29) is 35.9 Å². The molecule has 8 heteroatoms. The lowest BCUT2D eigenvalue weighted by Crippen LogP contribution is -2.44. The summed E-state index contributed by atoms with van der Waals surface area (Å²) in [5, 5.41) is 8.88. The van der Waals surface area contributed by atoms with Crippen molar-refractivity contribution in [1.82, 2.24) is 16.0 Å². The molecule has 0 saturated heterocycles. The van der Waals surface area contributed by atoms with Gasteiger partial charge in [-0.05, 0) is 13.0 Å². The van der Waals surface area contributed by atoms with E-state index in [0.717, 1.165) is 6.07 Å². The van der Waals surface area contributed by atoms with Crippen molar-refractivity contribution in [2.45, 2.75) is 33.7 Å². The van der Waals surface area contributed by atoms with Gasteiger partial charge in [0.05, 0.1) is 6.04 Å². The molecule has 142 valence electrons. The highest BCUT2D eigenvalue weighted by atomic mass is 127. The Morgan fingerprint density at radius 3 is 2.32 bits per heavy atom. The first kappa shape index (κ1) is 23.5. The molecule has 0 fully saturated rings. The van der Waals surface area contributed by atoms with Gasteiger partial charge in [-0.3, -0.25) is 9.79 Å². The molecular formula is C17H27F2IN4O. The monoisotopic (exact) mass is 468 g/mol. The van der Waals surface area contributed by atoms with Crippen molar-refractivity contribution in [2.75, 3.05) is 20.1 Å². The average Bonchev–Trinajstić information content (AvgIpc) is 2.48. The van der Waals surface area contributed by atoms with Gasteiger partial charge >= 0.3 is 0 Å². The number of guanidine groups is 1. The van der Waals surface area contributed by atoms with Crippen LogP contribution in [0.4, 0.5) is 8.78 Å². The van der Waals surface area contributed by atoms with Gasteiger partial charge in [-0.1, -0.05) is 26.8 Å². The molecule has 0 spiro atoms. The normalized spacial score (nSPS) is 12.8. The van der Waals surface area contributed by atoms with Crippen molar-refractivity contribution in [3.8, 4) is 0 Å². The first-order chi connectivity index (χ1) is 11.1. The zero-order chi connectivity index (χ0) is 18.3. The van der Waals surface area contributed by atoms with Crippen LogP contribution in [-0.4, -0.2) is 32.0 Å². The Hall–Kier alpha value is -1.45. The van der Waals surface area contributed by atoms with E-state index < -0.39 is 17.0 Å². The summed E-state index contributed by atoms with van der Waals surface area (Å²) < 4.78 is 26.7. The lowest BCUT2D eigenvalue weighted by molar-refractivity contribution is -0.128. The van der Waals surface area contributed by atoms with Crippen LogP contribution in [0, 0.1) is 17.0 Å². The molecule has 0 heterocycles. The third-order valence-electron chi connectivity index (χ3n) is 3.39. The predicted octanol–water partition coefficient (Wildman–Crippen LogP) is 2.97. The van der Waals surface area contributed by atoms with Crippen molar-refractivity contribution >= 4 is 35.8 Å². The molecule has 1 rings (SSSR count). The number of nitrogens with one attached hydrogen (secondary N) is 3. The Bertz CT molecular complexity index is 603. The fourth-order valence-electron chi connectivity index (χ4n) is 1.95. The summed E-state index contributed by atoms with van der Waals surface area (Å²) in [5.41, 5.74) is -0.0884. The molecule has 1 aromatic rings. The van der Waals surface area contributed by atoms with Crippen LogP contribution in [0.2, 0.25) is 0 Å². The Balaban J connectivity index is 0.00000576. The summed E-state index contributed by atoms with van der Waals surface area (Å²) in [4.78, 5) is 15.8. The number of hydrogen-bond donors (Lipinski definition) is 3. The van der Waals surface area contributed by atoms with Crippen LogP contribution in [0.15, 0.2) is 23.2 Å². The molecule has 0 aromatic heterocycles. The molecule has 0 aliphatic carbocycles. The van der Waals surface area contributed by atoms with Crippen LogP contribution in [0.5, 0.6) is 0 Å². The van der Waals surface area contributed by atoms with E-state index in [1.807, 2.05) is 20.8 Å². The van der Waals surface area contributed by atoms with Crippen LogP contribution in [-0.2, 0) is 4.79 Å². The Morgan fingerprint density at radius 2 is 1.80 bits per heavy atom. The minimum Gasteiger partial charge on any atom is -0.355 e. The molecule has 1 atom stereocenters. The Kier molecular flexibility index (Phi) is 9.91. The maximum absolute atomic E-state index is 13.8. The molecule has 3 N–H and O–H groups in total. The molecule has 0 bridgehead atoms. The van der Waals surface area contributed by atoms with Gasteiger partial charge in [0.1, 0.15) is 11.6 Å². The molecular weight excluding hydrogens is 441 g/mol. The van der Waals surface area contributed by atoms with Crippen LogP contribution in [0.3, 0.4) is 0 Å². The molecule has 0 radical (unpaired) electrons. The van der Waals surface area contributed by atoms with E-state index in [1.54, 1.807) is 14.0 Å². The zero-order valence-corrected chi connectivity index (χ0v) is 17.6. The summed E-state index contributed by atoms with van der Waals surface area (Å²) in [6.45, 7) is 8.19. The van der Waals surface area contributed by atoms with Gasteiger partial charge in [-0.2, -0.15) is 0 Å². The lowest BCUT2D eigenvalue weighted by atomic mass is 9.96. The Labute approximate surface area is 165 Å². The maximum Gasteiger partial charge on any atom is 0.225 e. The number of carbonyl (C=O) groups is 1. The SMILES string of the molecule is CN=C(NCCNC(=O)C(C)(C)C)NC(C)c1ccc(F)cc1F.I. The van der Waals surface area contributed by atoms with Crippen LogP contribution >= 0.6 is 24.0 Å². The number of amides is 1. The third-order valence-corrected chi connectivity index (χ3v) is 3.39. The van der Waals surface area contributed by atoms with Crippen molar-refractivity contribution in [2.24, 2.45) is 10.4 Å². The zero-order valence-electron chi connectivity index (χ0n) is 15.2. The van der Waals surface area contributed by atoms with E-state index in [0.29, 0.717) is 24.6 Å². The quantitative estimate of drug-likeness (QED) is 0.270. The summed E-state index contributed by atoms with van der Waals surface area (Å²) in [6.07, 6.45) is 0. The van der Waals surface area contributed by atoms with Crippen LogP contribution in [0.25, 0.3) is 0 Å². The highest BCUT2D eigenvalue weighted by molar-refractivity contribution is 14.0. The number of carbonyl (C=O) groups excluding carboxylic acids is 1.